The van der Waals surface area contributed by atoms with Crippen LogP contribution in [0.5, 0.6) is 0 Å². The van der Waals surface area contributed by atoms with Crippen molar-refractivity contribution in [1.82, 2.24) is 10.6 Å². The second kappa shape index (κ2) is 13.1. The largest absolute Gasteiger partial charge is 0.467 e. The molecule has 1 unspecified atom stereocenters. The van der Waals surface area contributed by atoms with Gasteiger partial charge in [0.1, 0.15) is 6.04 Å². The molecule has 0 radical (unpaired) electrons. The summed E-state index contributed by atoms with van der Waals surface area (Å²) in [5, 5.41) is 8.95. The number of unbranched alkanes of at least 4 members (excludes halogenated alkanes) is 2. The van der Waals surface area contributed by atoms with E-state index in [9.17, 15) is 9.59 Å². The molecule has 3 N–H and O–H groups in total. The normalized spacial score (nSPS) is 11.4. The summed E-state index contributed by atoms with van der Waals surface area (Å²) in [4.78, 5) is 23.8. The minimum atomic E-state index is -0.624. The molecule has 1 aromatic rings. The average Bonchev–Trinajstić information content (AvgIpc) is 2.68. The molecule has 0 spiro atoms. The smallest absolute Gasteiger partial charge is 0.328 e. The first-order valence-corrected chi connectivity index (χ1v) is 9.91. The number of hydrogen-bond acceptors (Lipinski definition) is 4. The van der Waals surface area contributed by atoms with E-state index in [0.29, 0.717) is 11.5 Å². The predicted octanol–water partition coefficient (Wildman–Crippen LogP) is 3.16. The standard InChI is InChI=1S/C20H31N3O3S/c1-4-6-8-15-10-12-16(13-11-15)22-20(27)21-14-18(24)23-17(9-7-5-2)19(25)26-3/h10-13,17H,4-9,14H2,1-3H3,(H,23,24)(H2,21,22,27). The van der Waals surface area contributed by atoms with E-state index in [4.69, 9.17) is 17.0 Å². The van der Waals surface area contributed by atoms with Gasteiger partial charge in [0, 0.05) is 5.69 Å². The van der Waals surface area contributed by atoms with Crippen molar-refractivity contribution in [3.8, 4) is 0 Å². The molecule has 1 rings (SSSR count). The number of nitrogens with one attached hydrogen (secondary N) is 3. The van der Waals surface area contributed by atoms with Gasteiger partial charge in [-0.25, -0.2) is 4.79 Å². The maximum Gasteiger partial charge on any atom is 0.328 e. The fraction of sp³-hybridized carbons (Fsp3) is 0.550. The number of amides is 1. The van der Waals surface area contributed by atoms with Crippen LogP contribution in [0.3, 0.4) is 0 Å². The van der Waals surface area contributed by atoms with Crippen molar-refractivity contribution in [1.29, 1.82) is 0 Å². The number of carbonyl (C=O) groups is 2. The summed E-state index contributed by atoms with van der Waals surface area (Å²) in [6, 6.07) is 7.46. The maximum atomic E-state index is 12.1. The molecule has 150 valence electrons. The number of thiocarbonyl (C=S) groups is 1. The van der Waals surface area contributed by atoms with Crippen molar-refractivity contribution in [2.24, 2.45) is 0 Å². The lowest BCUT2D eigenvalue weighted by Gasteiger charge is -2.17. The van der Waals surface area contributed by atoms with Gasteiger partial charge in [-0.1, -0.05) is 45.2 Å². The molecular weight excluding hydrogens is 362 g/mol. The fourth-order valence-corrected chi connectivity index (χ4v) is 2.71. The van der Waals surface area contributed by atoms with Crippen LogP contribution in [0.4, 0.5) is 5.69 Å². The number of rotatable bonds is 11. The molecule has 1 aromatic carbocycles. The molecule has 0 aliphatic carbocycles. The molecule has 0 aliphatic heterocycles. The van der Waals surface area contributed by atoms with Crippen molar-refractivity contribution in [3.05, 3.63) is 29.8 Å². The first kappa shape index (κ1) is 22.9. The summed E-state index contributed by atoms with van der Waals surface area (Å²) in [5.41, 5.74) is 2.16. The Balaban J connectivity index is 2.41. The summed E-state index contributed by atoms with van der Waals surface area (Å²) < 4.78 is 4.74. The van der Waals surface area contributed by atoms with Crippen molar-refractivity contribution in [3.63, 3.8) is 0 Å². The van der Waals surface area contributed by atoms with Crippen LogP contribution in [-0.2, 0) is 20.7 Å². The van der Waals surface area contributed by atoms with Crippen LogP contribution in [0.1, 0.15) is 51.5 Å². The van der Waals surface area contributed by atoms with Crippen molar-refractivity contribution >= 4 is 34.9 Å². The third-order valence-electron chi connectivity index (χ3n) is 4.11. The molecular formula is C20H31N3O3S. The third-order valence-corrected chi connectivity index (χ3v) is 4.35. The Morgan fingerprint density at radius 1 is 1.11 bits per heavy atom. The van der Waals surface area contributed by atoms with E-state index in [1.165, 1.54) is 25.5 Å². The summed E-state index contributed by atoms with van der Waals surface area (Å²) in [5.74, 6) is -0.735. The van der Waals surface area contributed by atoms with Gasteiger partial charge in [-0.05, 0) is 49.2 Å². The quantitative estimate of drug-likeness (QED) is 0.396. The highest BCUT2D eigenvalue weighted by molar-refractivity contribution is 7.80. The highest BCUT2D eigenvalue weighted by Crippen LogP contribution is 2.11. The number of aryl methyl sites for hydroxylation is 1. The highest BCUT2D eigenvalue weighted by Gasteiger charge is 2.20. The van der Waals surface area contributed by atoms with Crippen LogP contribution in [0.2, 0.25) is 0 Å². The Morgan fingerprint density at radius 3 is 2.37 bits per heavy atom. The van der Waals surface area contributed by atoms with Crippen LogP contribution in [0.25, 0.3) is 0 Å². The Kier molecular flexibility index (Phi) is 11.1. The monoisotopic (exact) mass is 393 g/mol. The van der Waals surface area contributed by atoms with Gasteiger partial charge in [0.25, 0.3) is 0 Å². The second-order valence-electron chi connectivity index (χ2n) is 6.39. The van der Waals surface area contributed by atoms with Crippen LogP contribution in [-0.4, -0.2) is 36.7 Å². The van der Waals surface area contributed by atoms with Gasteiger partial charge in [0.2, 0.25) is 5.91 Å². The topological polar surface area (TPSA) is 79.5 Å². The molecule has 1 amide bonds. The molecule has 0 saturated heterocycles. The van der Waals surface area contributed by atoms with Gasteiger partial charge < -0.3 is 20.7 Å². The zero-order valence-electron chi connectivity index (χ0n) is 16.5. The van der Waals surface area contributed by atoms with Crippen molar-refractivity contribution in [2.75, 3.05) is 19.0 Å². The molecule has 27 heavy (non-hydrogen) atoms. The average molecular weight is 394 g/mol. The first-order chi connectivity index (χ1) is 13.0. The van der Waals surface area contributed by atoms with Gasteiger partial charge in [0.05, 0.1) is 13.7 Å². The number of methoxy groups -OCH3 is 1. The molecule has 0 aromatic heterocycles. The molecule has 7 heteroatoms. The lowest BCUT2D eigenvalue weighted by Crippen LogP contribution is -2.46. The van der Waals surface area contributed by atoms with Gasteiger partial charge in [-0.2, -0.15) is 0 Å². The van der Waals surface area contributed by atoms with E-state index in [0.717, 1.165) is 24.9 Å². The zero-order chi connectivity index (χ0) is 20.1. The summed E-state index contributed by atoms with van der Waals surface area (Å²) in [7, 11) is 1.32. The summed E-state index contributed by atoms with van der Waals surface area (Å²) in [6.45, 7) is 4.19. The predicted molar refractivity (Wildman–Crippen MR) is 113 cm³/mol. The van der Waals surface area contributed by atoms with Gasteiger partial charge in [-0.15, -0.1) is 0 Å². The summed E-state index contributed by atoms with van der Waals surface area (Å²) in [6.07, 6.45) is 5.74. The Bertz CT molecular complexity index is 605. The number of hydrogen-bond donors (Lipinski definition) is 3. The zero-order valence-corrected chi connectivity index (χ0v) is 17.3. The second-order valence-corrected chi connectivity index (χ2v) is 6.80. The molecule has 6 nitrogen and oxygen atoms in total. The molecule has 0 bridgehead atoms. The fourth-order valence-electron chi connectivity index (χ4n) is 2.52. The van der Waals surface area contributed by atoms with Gasteiger partial charge in [0.15, 0.2) is 5.11 Å². The van der Waals surface area contributed by atoms with E-state index in [2.05, 4.69) is 35.0 Å². The summed E-state index contributed by atoms with van der Waals surface area (Å²) >= 11 is 5.22. The molecule has 1 atom stereocenters. The van der Waals surface area contributed by atoms with Gasteiger partial charge >= 0.3 is 5.97 Å². The number of benzene rings is 1. The van der Waals surface area contributed by atoms with Crippen LogP contribution >= 0.6 is 12.2 Å². The minimum Gasteiger partial charge on any atom is -0.467 e. The van der Waals surface area contributed by atoms with E-state index in [-0.39, 0.29) is 12.5 Å². The SMILES string of the molecule is CCCCc1ccc(NC(=S)NCC(=O)NC(CCCC)C(=O)OC)cc1. The van der Waals surface area contributed by atoms with Crippen molar-refractivity contribution in [2.45, 2.75) is 58.4 Å². The van der Waals surface area contributed by atoms with Gasteiger partial charge in [-0.3, -0.25) is 4.79 Å². The van der Waals surface area contributed by atoms with Crippen LogP contribution in [0.15, 0.2) is 24.3 Å². The maximum absolute atomic E-state index is 12.1. The van der Waals surface area contributed by atoms with Crippen LogP contribution < -0.4 is 16.0 Å². The third kappa shape index (κ3) is 9.38. The molecule has 0 heterocycles. The van der Waals surface area contributed by atoms with Crippen molar-refractivity contribution < 1.29 is 14.3 Å². The number of ether oxygens (including phenoxy) is 1. The molecule has 0 saturated carbocycles. The molecule has 0 aliphatic rings. The van der Waals surface area contributed by atoms with E-state index in [1.807, 2.05) is 19.1 Å². The Hall–Kier alpha value is -2.15. The molecule has 0 fully saturated rings. The number of carbonyl (C=O) groups excluding carboxylic acids is 2. The highest BCUT2D eigenvalue weighted by atomic mass is 32.1. The van der Waals surface area contributed by atoms with E-state index < -0.39 is 12.0 Å². The first-order valence-electron chi connectivity index (χ1n) is 9.51. The minimum absolute atomic E-state index is 0.0139. The number of esters is 1. The Labute approximate surface area is 167 Å². The Morgan fingerprint density at radius 2 is 1.78 bits per heavy atom. The lowest BCUT2D eigenvalue weighted by atomic mass is 10.1. The lowest BCUT2D eigenvalue weighted by molar-refractivity contribution is -0.145. The van der Waals surface area contributed by atoms with E-state index >= 15 is 0 Å². The van der Waals surface area contributed by atoms with E-state index in [1.54, 1.807) is 0 Å². The number of anilines is 1. The van der Waals surface area contributed by atoms with Crippen LogP contribution in [0, 0.1) is 0 Å².